The predicted molar refractivity (Wildman–Crippen MR) is 102 cm³/mol. The molecule has 25 heavy (non-hydrogen) atoms. The highest BCUT2D eigenvalue weighted by atomic mass is 79.9. The third-order valence-corrected chi connectivity index (χ3v) is 7.10. The van der Waals surface area contributed by atoms with E-state index in [4.69, 9.17) is 4.74 Å². The van der Waals surface area contributed by atoms with Crippen LogP contribution in [0.5, 0.6) is 5.75 Å². The van der Waals surface area contributed by atoms with Gasteiger partial charge < -0.3 is 4.74 Å². The van der Waals surface area contributed by atoms with Gasteiger partial charge in [0.15, 0.2) is 0 Å². The van der Waals surface area contributed by atoms with Crippen molar-refractivity contribution in [2.75, 3.05) is 7.11 Å². The van der Waals surface area contributed by atoms with Gasteiger partial charge in [0.05, 0.1) is 7.11 Å². The standard InChI is InChI=1S/C19H22BrNO3S/c1-14(16-8-9-16)21(13-15-6-4-3-5-7-15)25(22,23)19-12-17(20)10-11-18(19)24-2/h3-7,10-12,14,16H,8-9,13H2,1-2H3. The van der Waals surface area contributed by atoms with Crippen molar-refractivity contribution in [1.82, 2.24) is 4.31 Å². The molecule has 2 aromatic carbocycles. The number of ether oxygens (including phenoxy) is 1. The summed E-state index contributed by atoms with van der Waals surface area (Å²) in [7, 11) is -2.20. The Kier molecular flexibility index (Phi) is 5.51. The first-order valence-corrected chi connectivity index (χ1v) is 10.6. The lowest BCUT2D eigenvalue weighted by molar-refractivity contribution is 0.301. The molecule has 0 aromatic heterocycles. The maximum Gasteiger partial charge on any atom is 0.247 e. The number of benzene rings is 2. The van der Waals surface area contributed by atoms with Crippen LogP contribution in [0.15, 0.2) is 57.9 Å². The lowest BCUT2D eigenvalue weighted by Crippen LogP contribution is -2.39. The van der Waals surface area contributed by atoms with Gasteiger partial charge in [0.25, 0.3) is 0 Å². The van der Waals surface area contributed by atoms with Crippen LogP contribution in [0.1, 0.15) is 25.3 Å². The average molecular weight is 424 g/mol. The summed E-state index contributed by atoms with van der Waals surface area (Å²) in [6, 6.07) is 14.7. The molecule has 1 unspecified atom stereocenters. The molecule has 6 heteroatoms. The molecule has 4 nitrogen and oxygen atoms in total. The van der Waals surface area contributed by atoms with Crippen LogP contribution < -0.4 is 4.74 Å². The minimum atomic E-state index is -3.69. The molecule has 1 saturated carbocycles. The second-order valence-corrected chi connectivity index (χ2v) is 9.18. The van der Waals surface area contributed by atoms with Crippen molar-refractivity contribution in [3.63, 3.8) is 0 Å². The highest BCUT2D eigenvalue weighted by Gasteiger charge is 2.39. The molecule has 2 aromatic rings. The summed E-state index contributed by atoms with van der Waals surface area (Å²) in [5.74, 6) is 0.792. The number of hydrogen-bond donors (Lipinski definition) is 0. The van der Waals surface area contributed by atoms with Crippen LogP contribution in [-0.2, 0) is 16.6 Å². The highest BCUT2D eigenvalue weighted by Crippen LogP contribution is 2.39. The van der Waals surface area contributed by atoms with E-state index in [9.17, 15) is 8.42 Å². The molecule has 3 rings (SSSR count). The van der Waals surface area contributed by atoms with Gasteiger partial charge in [0.2, 0.25) is 10.0 Å². The SMILES string of the molecule is COc1ccc(Br)cc1S(=O)(=O)N(Cc1ccccc1)C(C)C1CC1. The smallest absolute Gasteiger partial charge is 0.247 e. The Morgan fingerprint density at radius 2 is 1.88 bits per heavy atom. The summed E-state index contributed by atoms with van der Waals surface area (Å²) in [6.07, 6.45) is 2.16. The number of hydrogen-bond acceptors (Lipinski definition) is 3. The van der Waals surface area contributed by atoms with E-state index in [1.165, 1.54) is 7.11 Å². The second kappa shape index (κ2) is 7.48. The summed E-state index contributed by atoms with van der Waals surface area (Å²) < 4.78 is 34.6. The number of rotatable bonds is 7. The fraction of sp³-hybridized carbons (Fsp3) is 0.368. The molecule has 0 N–H and O–H groups in total. The summed E-state index contributed by atoms with van der Waals surface area (Å²) in [4.78, 5) is 0.202. The van der Waals surface area contributed by atoms with Crippen LogP contribution in [0.4, 0.5) is 0 Å². The van der Waals surface area contributed by atoms with E-state index >= 15 is 0 Å². The summed E-state index contributed by atoms with van der Waals surface area (Å²) in [5, 5.41) is 0. The Morgan fingerprint density at radius 1 is 1.20 bits per heavy atom. The van der Waals surface area contributed by atoms with E-state index < -0.39 is 10.0 Å². The van der Waals surface area contributed by atoms with Gasteiger partial charge >= 0.3 is 0 Å². The summed E-state index contributed by atoms with van der Waals surface area (Å²) in [5.41, 5.74) is 0.979. The fourth-order valence-corrected chi connectivity index (χ4v) is 5.38. The van der Waals surface area contributed by atoms with Gasteiger partial charge in [-0.2, -0.15) is 4.31 Å². The van der Waals surface area contributed by atoms with Crippen molar-refractivity contribution in [3.05, 3.63) is 58.6 Å². The van der Waals surface area contributed by atoms with Crippen LogP contribution in [0.3, 0.4) is 0 Å². The molecular formula is C19H22BrNO3S. The molecule has 0 radical (unpaired) electrons. The molecule has 0 heterocycles. The van der Waals surface area contributed by atoms with Crippen LogP contribution >= 0.6 is 15.9 Å². The number of nitrogens with zero attached hydrogens (tertiary/aromatic N) is 1. The zero-order valence-electron chi connectivity index (χ0n) is 14.4. The molecule has 1 fully saturated rings. The molecule has 1 atom stereocenters. The van der Waals surface area contributed by atoms with E-state index in [0.29, 0.717) is 22.7 Å². The van der Waals surface area contributed by atoms with Crippen molar-refractivity contribution in [2.24, 2.45) is 5.92 Å². The Labute approximate surface area is 158 Å². The number of methoxy groups -OCH3 is 1. The van der Waals surface area contributed by atoms with Gasteiger partial charge in [0.1, 0.15) is 10.6 Å². The Bertz CT molecular complexity index is 835. The zero-order chi connectivity index (χ0) is 18.0. The first kappa shape index (κ1) is 18.4. The van der Waals surface area contributed by atoms with E-state index in [1.54, 1.807) is 22.5 Å². The molecule has 0 amide bonds. The third kappa shape index (κ3) is 4.07. The summed E-state index contributed by atoms with van der Waals surface area (Å²) >= 11 is 3.37. The molecule has 0 bridgehead atoms. The number of sulfonamides is 1. The first-order chi connectivity index (χ1) is 11.9. The lowest BCUT2D eigenvalue weighted by Gasteiger charge is -2.29. The minimum Gasteiger partial charge on any atom is -0.495 e. The zero-order valence-corrected chi connectivity index (χ0v) is 16.8. The molecule has 0 saturated heterocycles. The summed E-state index contributed by atoms with van der Waals surface area (Å²) in [6.45, 7) is 2.36. The topological polar surface area (TPSA) is 46.6 Å². The quantitative estimate of drug-likeness (QED) is 0.660. The monoisotopic (exact) mass is 423 g/mol. The largest absolute Gasteiger partial charge is 0.495 e. The van der Waals surface area contributed by atoms with E-state index in [-0.39, 0.29) is 10.9 Å². The van der Waals surface area contributed by atoms with Crippen LogP contribution in [-0.4, -0.2) is 25.9 Å². The molecular weight excluding hydrogens is 402 g/mol. The van der Waals surface area contributed by atoms with Crippen molar-refractivity contribution in [1.29, 1.82) is 0 Å². The maximum absolute atomic E-state index is 13.5. The number of halogens is 1. The molecule has 1 aliphatic carbocycles. The first-order valence-electron chi connectivity index (χ1n) is 8.33. The van der Waals surface area contributed by atoms with E-state index in [1.807, 2.05) is 37.3 Å². The molecule has 0 aliphatic heterocycles. The van der Waals surface area contributed by atoms with Gasteiger partial charge in [-0.3, -0.25) is 0 Å². The third-order valence-electron chi connectivity index (χ3n) is 4.65. The van der Waals surface area contributed by atoms with Gasteiger partial charge in [-0.1, -0.05) is 46.3 Å². The van der Waals surface area contributed by atoms with E-state index in [0.717, 1.165) is 18.4 Å². The second-order valence-electron chi connectivity index (χ2n) is 6.41. The molecule has 0 spiro atoms. The van der Waals surface area contributed by atoms with Crippen LogP contribution in [0.25, 0.3) is 0 Å². The van der Waals surface area contributed by atoms with Crippen LogP contribution in [0, 0.1) is 5.92 Å². The van der Waals surface area contributed by atoms with Gasteiger partial charge in [-0.15, -0.1) is 0 Å². The fourth-order valence-electron chi connectivity index (χ4n) is 3.00. The Morgan fingerprint density at radius 3 is 2.48 bits per heavy atom. The van der Waals surface area contributed by atoms with E-state index in [2.05, 4.69) is 15.9 Å². The van der Waals surface area contributed by atoms with Crippen molar-refractivity contribution in [3.8, 4) is 5.75 Å². The lowest BCUT2D eigenvalue weighted by atomic mass is 10.2. The Balaban J connectivity index is 2.03. The minimum absolute atomic E-state index is 0.0473. The van der Waals surface area contributed by atoms with Crippen molar-refractivity contribution >= 4 is 26.0 Å². The van der Waals surface area contributed by atoms with Crippen molar-refractivity contribution < 1.29 is 13.2 Å². The Hall–Kier alpha value is -1.37. The maximum atomic E-state index is 13.5. The van der Waals surface area contributed by atoms with Gasteiger partial charge in [-0.05, 0) is 49.4 Å². The molecule has 134 valence electrons. The van der Waals surface area contributed by atoms with Crippen LogP contribution in [0.2, 0.25) is 0 Å². The average Bonchev–Trinajstić information content (AvgIpc) is 3.45. The van der Waals surface area contributed by atoms with Gasteiger partial charge in [0, 0.05) is 17.1 Å². The normalized spacial score (nSPS) is 16.0. The predicted octanol–water partition coefficient (Wildman–Crippen LogP) is 4.45. The van der Waals surface area contributed by atoms with Gasteiger partial charge in [-0.25, -0.2) is 8.42 Å². The molecule has 1 aliphatic rings. The van der Waals surface area contributed by atoms with Crippen molar-refractivity contribution in [2.45, 2.75) is 37.2 Å². The highest BCUT2D eigenvalue weighted by molar-refractivity contribution is 9.10.